The molecule has 0 aliphatic heterocycles. The minimum Gasteiger partial charge on any atom is -0.489 e. The fourth-order valence-electron chi connectivity index (χ4n) is 3.27. The lowest BCUT2D eigenvalue weighted by molar-refractivity contribution is -0.136. The van der Waals surface area contributed by atoms with Crippen LogP contribution < -0.4 is 15.4 Å². The first-order chi connectivity index (χ1) is 16.0. The van der Waals surface area contributed by atoms with Crippen LogP contribution in [0.1, 0.15) is 50.2 Å². The predicted octanol–water partition coefficient (Wildman–Crippen LogP) is 5.33. The van der Waals surface area contributed by atoms with Crippen LogP contribution in [0.3, 0.4) is 0 Å². The molecule has 0 aliphatic rings. The Balaban J connectivity index is 1.64. The third-order valence-electron chi connectivity index (χ3n) is 5.09. The van der Waals surface area contributed by atoms with E-state index in [1.54, 1.807) is 36.4 Å². The molecule has 1 amide bonds. The van der Waals surface area contributed by atoms with Gasteiger partial charge in [-0.3, -0.25) is 9.59 Å². The maximum absolute atomic E-state index is 12.6. The molecule has 0 atom stereocenters. The summed E-state index contributed by atoms with van der Waals surface area (Å²) in [6.07, 6.45) is 0.0385. The van der Waals surface area contributed by atoms with E-state index in [-0.39, 0.29) is 18.2 Å². The van der Waals surface area contributed by atoms with Gasteiger partial charge in [0.15, 0.2) is 11.5 Å². The molecule has 2 aromatic carbocycles. The van der Waals surface area contributed by atoms with Crippen LogP contribution in [0.2, 0.25) is 5.02 Å². The minimum absolute atomic E-state index is 0.00253. The van der Waals surface area contributed by atoms with Crippen molar-refractivity contribution in [1.82, 2.24) is 10.5 Å². The van der Waals surface area contributed by atoms with Gasteiger partial charge in [-0.05, 0) is 63.6 Å². The van der Waals surface area contributed by atoms with Gasteiger partial charge in [0.2, 0.25) is 0 Å². The molecule has 180 valence electrons. The summed E-state index contributed by atoms with van der Waals surface area (Å²) in [5.41, 5.74) is 1.94. The summed E-state index contributed by atoms with van der Waals surface area (Å²) in [6.45, 7) is 8.12. The number of benzene rings is 2. The molecule has 3 rings (SSSR count). The molecule has 0 spiro atoms. The number of nitrogens with one attached hydrogen (secondary N) is 2. The van der Waals surface area contributed by atoms with Crippen LogP contribution in [0.25, 0.3) is 11.3 Å². The van der Waals surface area contributed by atoms with Crippen molar-refractivity contribution in [3.05, 3.63) is 64.8 Å². The highest BCUT2D eigenvalue weighted by atomic mass is 35.5. The van der Waals surface area contributed by atoms with Crippen molar-refractivity contribution in [2.45, 2.75) is 45.8 Å². The summed E-state index contributed by atoms with van der Waals surface area (Å²) in [5.74, 6) is -0.278. The summed E-state index contributed by atoms with van der Waals surface area (Å²) in [6, 6.07) is 14.1. The molecule has 3 N–H and O–H groups in total. The average Bonchev–Trinajstić information content (AvgIpc) is 3.25. The van der Waals surface area contributed by atoms with Crippen molar-refractivity contribution in [2.24, 2.45) is 0 Å². The number of carboxylic acids is 1. The zero-order valence-corrected chi connectivity index (χ0v) is 20.3. The Hall–Kier alpha value is -3.36. The zero-order chi connectivity index (χ0) is 24.9. The van der Waals surface area contributed by atoms with Crippen LogP contribution in [0.5, 0.6) is 5.75 Å². The number of nitrogens with zero attached hydrogens (tertiary/aromatic N) is 1. The Labute approximate surface area is 203 Å². The molecule has 0 aliphatic carbocycles. The van der Waals surface area contributed by atoms with E-state index in [0.717, 1.165) is 5.56 Å². The lowest BCUT2D eigenvalue weighted by Gasteiger charge is -2.27. The Kier molecular flexibility index (Phi) is 7.96. The van der Waals surface area contributed by atoms with Gasteiger partial charge in [-0.15, -0.1) is 0 Å². The third kappa shape index (κ3) is 6.59. The van der Waals surface area contributed by atoms with E-state index >= 15 is 0 Å². The normalized spacial score (nSPS) is 11.5. The van der Waals surface area contributed by atoms with Gasteiger partial charge in [0.1, 0.15) is 5.75 Å². The number of carbonyl (C=O) groups is 2. The number of aromatic nitrogens is 1. The predicted molar refractivity (Wildman–Crippen MR) is 130 cm³/mol. The fourth-order valence-corrected chi connectivity index (χ4v) is 3.50. The first-order valence-corrected chi connectivity index (χ1v) is 11.2. The number of carboxylic acid groups (broad SMARTS) is 1. The molecule has 0 unspecified atom stereocenters. The van der Waals surface area contributed by atoms with Crippen molar-refractivity contribution in [1.29, 1.82) is 0 Å². The summed E-state index contributed by atoms with van der Waals surface area (Å²) in [7, 11) is 0. The smallest absolute Gasteiger partial charge is 0.304 e. The topological polar surface area (TPSA) is 114 Å². The van der Waals surface area contributed by atoms with Crippen LogP contribution in [-0.4, -0.2) is 34.8 Å². The summed E-state index contributed by atoms with van der Waals surface area (Å²) in [5, 5.41) is 19.1. The number of aliphatic carboxylic acids is 1. The van der Waals surface area contributed by atoms with Crippen molar-refractivity contribution in [3.8, 4) is 17.1 Å². The lowest BCUT2D eigenvalue weighted by atomic mass is 9.94. The van der Waals surface area contributed by atoms with Crippen molar-refractivity contribution < 1.29 is 24.0 Å². The maximum atomic E-state index is 12.6. The summed E-state index contributed by atoms with van der Waals surface area (Å²) < 4.78 is 11.0. The number of ether oxygens (including phenoxy) is 1. The Morgan fingerprint density at radius 2 is 1.85 bits per heavy atom. The average molecular weight is 486 g/mol. The van der Waals surface area contributed by atoms with Gasteiger partial charge < -0.3 is 25.0 Å². The van der Waals surface area contributed by atoms with Crippen molar-refractivity contribution >= 4 is 29.2 Å². The maximum Gasteiger partial charge on any atom is 0.304 e. The second kappa shape index (κ2) is 10.7. The molecule has 0 saturated heterocycles. The van der Waals surface area contributed by atoms with E-state index in [0.29, 0.717) is 34.3 Å². The van der Waals surface area contributed by atoms with Gasteiger partial charge >= 0.3 is 5.97 Å². The van der Waals surface area contributed by atoms with Crippen LogP contribution in [-0.2, 0) is 10.3 Å². The largest absolute Gasteiger partial charge is 0.489 e. The van der Waals surface area contributed by atoms with E-state index in [2.05, 4.69) is 15.8 Å². The quantitative estimate of drug-likeness (QED) is 0.355. The van der Waals surface area contributed by atoms with Crippen LogP contribution in [0.15, 0.2) is 53.1 Å². The SMILES string of the molecule is CC(C)Oc1ccc(-c2cc(C(=O)Nc3ccc(C(C)(C)NCCC(=O)O)cc3)no2)cc1Cl. The number of rotatable bonds is 10. The summed E-state index contributed by atoms with van der Waals surface area (Å²) in [4.78, 5) is 23.4. The molecule has 3 aromatic rings. The van der Waals surface area contributed by atoms with Gasteiger partial charge in [-0.25, -0.2) is 0 Å². The zero-order valence-electron chi connectivity index (χ0n) is 19.5. The number of hydrogen-bond acceptors (Lipinski definition) is 6. The van der Waals surface area contributed by atoms with Gasteiger partial charge in [0.05, 0.1) is 17.5 Å². The molecule has 0 fully saturated rings. The molecular weight excluding hydrogens is 458 g/mol. The van der Waals surface area contributed by atoms with Crippen LogP contribution >= 0.6 is 11.6 Å². The highest BCUT2D eigenvalue weighted by molar-refractivity contribution is 6.32. The van der Waals surface area contributed by atoms with Crippen molar-refractivity contribution in [2.75, 3.05) is 11.9 Å². The van der Waals surface area contributed by atoms with Gasteiger partial charge in [-0.1, -0.05) is 28.9 Å². The second-order valence-corrected chi connectivity index (χ2v) is 9.02. The monoisotopic (exact) mass is 485 g/mol. The highest BCUT2D eigenvalue weighted by Gasteiger charge is 2.20. The number of anilines is 1. The van der Waals surface area contributed by atoms with Gasteiger partial charge in [0, 0.05) is 29.4 Å². The van der Waals surface area contributed by atoms with E-state index < -0.39 is 17.4 Å². The molecule has 0 bridgehead atoms. The third-order valence-corrected chi connectivity index (χ3v) is 5.39. The first kappa shape index (κ1) is 25.3. The van der Waals surface area contributed by atoms with Gasteiger partial charge in [0.25, 0.3) is 5.91 Å². The van der Waals surface area contributed by atoms with Crippen LogP contribution in [0, 0.1) is 0 Å². The van der Waals surface area contributed by atoms with Crippen LogP contribution in [0.4, 0.5) is 5.69 Å². The Morgan fingerprint density at radius 1 is 1.15 bits per heavy atom. The molecule has 9 heteroatoms. The molecule has 1 aromatic heterocycles. The molecule has 0 saturated carbocycles. The Bertz CT molecular complexity index is 1160. The Morgan fingerprint density at radius 3 is 2.47 bits per heavy atom. The van der Waals surface area contributed by atoms with E-state index in [1.807, 2.05) is 39.8 Å². The minimum atomic E-state index is -0.849. The van der Waals surface area contributed by atoms with E-state index in [4.69, 9.17) is 26.0 Å². The molecule has 0 radical (unpaired) electrons. The number of amides is 1. The van der Waals surface area contributed by atoms with Gasteiger partial charge in [-0.2, -0.15) is 0 Å². The number of carbonyl (C=O) groups excluding carboxylic acids is 1. The first-order valence-electron chi connectivity index (χ1n) is 10.9. The second-order valence-electron chi connectivity index (χ2n) is 8.62. The molecule has 34 heavy (non-hydrogen) atoms. The lowest BCUT2D eigenvalue weighted by Crippen LogP contribution is -2.37. The fraction of sp³-hybridized carbons (Fsp3) is 0.320. The highest BCUT2D eigenvalue weighted by Crippen LogP contribution is 2.31. The van der Waals surface area contributed by atoms with Crippen molar-refractivity contribution in [3.63, 3.8) is 0 Å². The molecule has 8 nitrogen and oxygen atoms in total. The standard InChI is InChI=1S/C25H28ClN3O5/c1-15(2)33-21-10-5-16(13-19(21)26)22-14-20(29-34-22)24(32)28-18-8-6-17(7-9-18)25(3,4)27-12-11-23(30)31/h5-10,13-15,27H,11-12H2,1-4H3,(H,28,32)(H,30,31). The number of hydrogen-bond donors (Lipinski definition) is 3. The number of halogens is 1. The van der Waals surface area contributed by atoms with E-state index in [9.17, 15) is 9.59 Å². The summed E-state index contributed by atoms with van der Waals surface area (Å²) >= 11 is 6.29. The van der Waals surface area contributed by atoms with E-state index in [1.165, 1.54) is 0 Å². The molecular formula is C25H28ClN3O5. The molecule has 1 heterocycles.